The van der Waals surface area contributed by atoms with Crippen LogP contribution in [0.15, 0.2) is 35.1 Å². The first-order valence-electron chi connectivity index (χ1n) is 6.60. The zero-order valence-corrected chi connectivity index (χ0v) is 11.0. The summed E-state index contributed by atoms with van der Waals surface area (Å²) in [6.07, 6.45) is 3.46. The van der Waals surface area contributed by atoms with E-state index in [-0.39, 0.29) is 12.5 Å². The fourth-order valence-electron chi connectivity index (χ4n) is 2.20. The Bertz CT molecular complexity index is 560. The van der Waals surface area contributed by atoms with E-state index in [1.807, 2.05) is 17.0 Å². The van der Waals surface area contributed by atoms with Crippen LogP contribution in [-0.2, 0) is 4.79 Å². The Morgan fingerprint density at radius 1 is 1.25 bits per heavy atom. The Hall–Kier alpha value is -2.37. The van der Waals surface area contributed by atoms with E-state index in [2.05, 4.69) is 10.2 Å². The number of ether oxygens (including phenoxy) is 1. The van der Waals surface area contributed by atoms with Crippen LogP contribution >= 0.6 is 0 Å². The van der Waals surface area contributed by atoms with Crippen molar-refractivity contribution >= 4 is 5.91 Å². The maximum absolute atomic E-state index is 11.8. The van der Waals surface area contributed by atoms with Crippen molar-refractivity contribution < 1.29 is 13.9 Å². The lowest BCUT2D eigenvalue weighted by Crippen LogP contribution is -2.32. The van der Waals surface area contributed by atoms with Gasteiger partial charge in [0.05, 0.1) is 0 Å². The maximum Gasteiger partial charge on any atom is 0.260 e. The fourth-order valence-corrected chi connectivity index (χ4v) is 2.20. The quantitative estimate of drug-likeness (QED) is 0.848. The number of aromatic nitrogens is 2. The van der Waals surface area contributed by atoms with Crippen molar-refractivity contribution in [1.82, 2.24) is 15.1 Å². The lowest BCUT2D eigenvalue weighted by molar-refractivity contribution is -0.132. The molecule has 1 aromatic heterocycles. The van der Waals surface area contributed by atoms with Crippen molar-refractivity contribution in [2.45, 2.75) is 12.8 Å². The van der Waals surface area contributed by atoms with E-state index in [4.69, 9.17) is 9.15 Å². The van der Waals surface area contributed by atoms with Crippen LogP contribution in [0.2, 0.25) is 0 Å². The van der Waals surface area contributed by atoms with E-state index in [0.717, 1.165) is 31.5 Å². The molecule has 1 aromatic carbocycles. The zero-order valence-electron chi connectivity index (χ0n) is 11.0. The standard InChI is InChI=1S/C14H15N3O3/c18-13(17-7-1-2-8-17)9-19-12-5-3-11(4-6-12)14-16-15-10-20-14/h3-6,10H,1-2,7-9H2. The minimum absolute atomic E-state index is 0.0449. The summed E-state index contributed by atoms with van der Waals surface area (Å²) in [7, 11) is 0. The molecule has 6 nitrogen and oxygen atoms in total. The fraction of sp³-hybridized carbons (Fsp3) is 0.357. The predicted octanol–water partition coefficient (Wildman–Crippen LogP) is 1.74. The lowest BCUT2D eigenvalue weighted by Gasteiger charge is -2.15. The molecule has 0 aliphatic carbocycles. The van der Waals surface area contributed by atoms with Crippen LogP contribution < -0.4 is 4.74 Å². The van der Waals surface area contributed by atoms with Crippen LogP contribution in [-0.4, -0.2) is 40.7 Å². The van der Waals surface area contributed by atoms with Gasteiger partial charge in [0.2, 0.25) is 12.3 Å². The molecule has 0 atom stereocenters. The normalized spacial score (nSPS) is 14.5. The molecule has 1 saturated heterocycles. The van der Waals surface area contributed by atoms with Crippen molar-refractivity contribution in [3.8, 4) is 17.2 Å². The lowest BCUT2D eigenvalue weighted by atomic mass is 10.2. The minimum Gasteiger partial charge on any atom is -0.484 e. The summed E-state index contributed by atoms with van der Waals surface area (Å²) in [5.41, 5.74) is 0.820. The van der Waals surface area contributed by atoms with Crippen molar-refractivity contribution in [2.24, 2.45) is 0 Å². The molecule has 0 N–H and O–H groups in total. The molecular formula is C14H15N3O3. The van der Waals surface area contributed by atoms with E-state index < -0.39 is 0 Å². The molecule has 0 saturated carbocycles. The van der Waals surface area contributed by atoms with Crippen molar-refractivity contribution in [3.05, 3.63) is 30.7 Å². The Morgan fingerprint density at radius 3 is 2.65 bits per heavy atom. The second-order valence-electron chi connectivity index (χ2n) is 4.64. The first kappa shape index (κ1) is 12.7. The molecule has 2 aromatic rings. The number of likely N-dealkylation sites (tertiary alicyclic amines) is 1. The average molecular weight is 273 g/mol. The predicted molar refractivity (Wildman–Crippen MR) is 71.0 cm³/mol. The summed E-state index contributed by atoms with van der Waals surface area (Å²) in [4.78, 5) is 13.7. The molecule has 0 bridgehead atoms. The summed E-state index contributed by atoms with van der Waals surface area (Å²) < 4.78 is 10.6. The van der Waals surface area contributed by atoms with Gasteiger partial charge in [-0.15, -0.1) is 10.2 Å². The van der Waals surface area contributed by atoms with Crippen LogP contribution in [0.4, 0.5) is 0 Å². The second-order valence-corrected chi connectivity index (χ2v) is 4.64. The van der Waals surface area contributed by atoms with Crippen LogP contribution in [0, 0.1) is 0 Å². The molecule has 0 radical (unpaired) electrons. The number of benzene rings is 1. The van der Waals surface area contributed by atoms with Crippen LogP contribution in [0.3, 0.4) is 0 Å². The zero-order chi connectivity index (χ0) is 13.8. The number of hydrogen-bond donors (Lipinski definition) is 0. The van der Waals surface area contributed by atoms with Gasteiger partial charge in [0.25, 0.3) is 5.91 Å². The summed E-state index contributed by atoms with van der Waals surface area (Å²) in [5, 5.41) is 7.45. The van der Waals surface area contributed by atoms with Gasteiger partial charge >= 0.3 is 0 Å². The molecule has 1 fully saturated rings. The highest BCUT2D eigenvalue weighted by Crippen LogP contribution is 2.20. The third-order valence-corrected chi connectivity index (χ3v) is 3.28. The van der Waals surface area contributed by atoms with E-state index in [1.165, 1.54) is 6.39 Å². The summed E-state index contributed by atoms with van der Waals surface area (Å²) in [6.45, 7) is 1.77. The first-order valence-corrected chi connectivity index (χ1v) is 6.60. The van der Waals surface area contributed by atoms with Crippen molar-refractivity contribution in [1.29, 1.82) is 0 Å². The highest BCUT2D eigenvalue weighted by atomic mass is 16.5. The molecular weight excluding hydrogens is 258 g/mol. The van der Waals surface area contributed by atoms with Gasteiger partial charge < -0.3 is 14.1 Å². The van der Waals surface area contributed by atoms with Crippen LogP contribution in [0.25, 0.3) is 11.5 Å². The summed E-state index contributed by atoms with van der Waals surface area (Å²) in [6, 6.07) is 7.22. The Labute approximate surface area is 116 Å². The van der Waals surface area contributed by atoms with Gasteiger partial charge in [-0.25, -0.2) is 0 Å². The van der Waals surface area contributed by atoms with E-state index in [1.54, 1.807) is 12.1 Å². The Balaban J connectivity index is 1.57. The summed E-state index contributed by atoms with van der Waals surface area (Å²) >= 11 is 0. The third kappa shape index (κ3) is 2.79. The molecule has 2 heterocycles. The van der Waals surface area contributed by atoms with Gasteiger partial charge in [-0.3, -0.25) is 4.79 Å². The SMILES string of the molecule is O=C(COc1ccc(-c2nnco2)cc1)N1CCCC1. The average Bonchev–Trinajstić information content (AvgIpc) is 3.18. The van der Waals surface area contributed by atoms with Gasteiger partial charge in [-0.2, -0.15) is 0 Å². The third-order valence-electron chi connectivity index (χ3n) is 3.28. The monoisotopic (exact) mass is 273 g/mol. The molecule has 20 heavy (non-hydrogen) atoms. The van der Waals surface area contributed by atoms with Crippen LogP contribution in [0.5, 0.6) is 5.75 Å². The molecule has 1 aliphatic rings. The van der Waals surface area contributed by atoms with Gasteiger partial charge in [0.15, 0.2) is 6.61 Å². The largest absolute Gasteiger partial charge is 0.484 e. The van der Waals surface area contributed by atoms with Crippen molar-refractivity contribution in [3.63, 3.8) is 0 Å². The first-order chi connectivity index (χ1) is 9.83. The number of hydrogen-bond acceptors (Lipinski definition) is 5. The highest BCUT2D eigenvalue weighted by molar-refractivity contribution is 5.78. The summed E-state index contributed by atoms with van der Waals surface area (Å²) in [5.74, 6) is 1.16. The van der Waals surface area contributed by atoms with Gasteiger partial charge in [-0.05, 0) is 37.1 Å². The number of amides is 1. The molecule has 0 spiro atoms. The highest BCUT2D eigenvalue weighted by Gasteiger charge is 2.18. The number of rotatable bonds is 4. The molecule has 3 rings (SSSR count). The van der Waals surface area contributed by atoms with E-state index in [0.29, 0.717) is 11.6 Å². The van der Waals surface area contributed by atoms with E-state index in [9.17, 15) is 4.79 Å². The number of carbonyl (C=O) groups is 1. The molecule has 1 amide bonds. The van der Waals surface area contributed by atoms with Gasteiger partial charge in [-0.1, -0.05) is 0 Å². The number of carbonyl (C=O) groups excluding carboxylic acids is 1. The topological polar surface area (TPSA) is 68.5 Å². The molecule has 1 aliphatic heterocycles. The minimum atomic E-state index is 0.0449. The smallest absolute Gasteiger partial charge is 0.260 e. The Kier molecular flexibility index (Phi) is 3.62. The van der Waals surface area contributed by atoms with Crippen molar-refractivity contribution in [2.75, 3.05) is 19.7 Å². The van der Waals surface area contributed by atoms with Gasteiger partial charge in [0.1, 0.15) is 5.75 Å². The second kappa shape index (κ2) is 5.73. The molecule has 104 valence electrons. The Morgan fingerprint density at radius 2 is 2.00 bits per heavy atom. The molecule has 0 unspecified atom stereocenters. The maximum atomic E-state index is 11.8. The number of nitrogens with zero attached hydrogens (tertiary/aromatic N) is 3. The van der Waals surface area contributed by atoms with E-state index >= 15 is 0 Å². The van der Waals surface area contributed by atoms with Crippen LogP contribution in [0.1, 0.15) is 12.8 Å². The molecule has 6 heteroatoms. The van der Waals surface area contributed by atoms with Gasteiger partial charge in [0, 0.05) is 18.7 Å².